The van der Waals surface area contributed by atoms with E-state index in [9.17, 15) is 0 Å². The zero-order chi connectivity index (χ0) is 11.2. The Balaban J connectivity index is 2.66. The molecule has 0 bridgehead atoms. The minimum atomic E-state index is 0.0280. The number of benzene rings is 1. The highest BCUT2D eigenvalue weighted by atomic mass is 79.9. The Bertz CT molecular complexity index is 469. The number of aromatic amines is 1. The fourth-order valence-electron chi connectivity index (χ4n) is 1.40. The van der Waals surface area contributed by atoms with E-state index in [0.29, 0.717) is 0 Å². The molecule has 0 unspecified atom stereocenters. The number of nitrogens with two attached hydrogens (primary N) is 1. The van der Waals surface area contributed by atoms with E-state index in [1.165, 1.54) is 0 Å². The second-order valence-electron chi connectivity index (χ2n) is 4.73. The van der Waals surface area contributed by atoms with E-state index in [0.717, 1.165) is 27.0 Å². The van der Waals surface area contributed by atoms with E-state index in [2.05, 4.69) is 46.7 Å². The van der Waals surface area contributed by atoms with E-state index in [4.69, 9.17) is 5.73 Å². The quantitative estimate of drug-likeness (QED) is 0.721. The van der Waals surface area contributed by atoms with Crippen LogP contribution >= 0.6 is 15.9 Å². The molecule has 0 spiro atoms. The largest absolute Gasteiger partial charge is 0.398 e. The van der Waals surface area contributed by atoms with Crippen LogP contribution in [0.15, 0.2) is 16.6 Å². The Morgan fingerprint density at radius 2 is 2.00 bits per heavy atom. The lowest BCUT2D eigenvalue weighted by Crippen LogP contribution is -2.12. The van der Waals surface area contributed by atoms with E-state index in [-0.39, 0.29) is 5.41 Å². The summed E-state index contributed by atoms with van der Waals surface area (Å²) in [5.41, 5.74) is 8.48. The molecule has 3 nitrogen and oxygen atoms in total. The molecule has 2 aromatic rings. The number of hydrogen-bond acceptors (Lipinski definition) is 2. The first-order valence-electron chi connectivity index (χ1n) is 4.83. The van der Waals surface area contributed by atoms with Gasteiger partial charge in [0.2, 0.25) is 0 Å². The summed E-state index contributed by atoms with van der Waals surface area (Å²) < 4.78 is 0.902. The van der Waals surface area contributed by atoms with Crippen LogP contribution in [0.2, 0.25) is 0 Å². The molecule has 0 amide bonds. The summed E-state index contributed by atoms with van der Waals surface area (Å²) in [6.45, 7) is 6.38. The molecular weight excluding hydrogens is 254 g/mol. The van der Waals surface area contributed by atoms with Gasteiger partial charge >= 0.3 is 0 Å². The smallest absolute Gasteiger partial charge is 0.112 e. The summed E-state index contributed by atoms with van der Waals surface area (Å²) in [6, 6.07) is 3.85. The van der Waals surface area contributed by atoms with Crippen molar-refractivity contribution in [1.82, 2.24) is 9.97 Å². The minimum Gasteiger partial charge on any atom is -0.398 e. The zero-order valence-corrected chi connectivity index (χ0v) is 10.6. The third-order valence-electron chi connectivity index (χ3n) is 2.31. The number of nitrogens with zero attached hydrogens (tertiary/aromatic N) is 1. The third-order valence-corrected chi connectivity index (χ3v) is 3.00. The summed E-state index contributed by atoms with van der Waals surface area (Å²) in [5.74, 6) is 0.981. The van der Waals surface area contributed by atoms with Crippen LogP contribution in [-0.4, -0.2) is 9.97 Å². The number of hydrogen-bond donors (Lipinski definition) is 2. The minimum absolute atomic E-state index is 0.0280. The molecule has 1 aromatic carbocycles. The molecule has 0 radical (unpaired) electrons. The molecule has 0 aliphatic carbocycles. The van der Waals surface area contributed by atoms with Crippen LogP contribution in [0, 0.1) is 0 Å². The van der Waals surface area contributed by atoms with Crippen molar-refractivity contribution in [2.45, 2.75) is 26.2 Å². The number of nitrogens with one attached hydrogen (secondary N) is 1. The topological polar surface area (TPSA) is 54.7 Å². The Morgan fingerprint density at radius 3 is 2.60 bits per heavy atom. The lowest BCUT2D eigenvalue weighted by atomic mass is 9.96. The van der Waals surface area contributed by atoms with Crippen molar-refractivity contribution in [3.05, 3.63) is 22.4 Å². The highest BCUT2D eigenvalue weighted by Crippen LogP contribution is 2.27. The lowest BCUT2D eigenvalue weighted by Gasteiger charge is -2.13. The van der Waals surface area contributed by atoms with Crippen LogP contribution in [0.1, 0.15) is 26.6 Å². The van der Waals surface area contributed by atoms with E-state index in [1.54, 1.807) is 0 Å². The fourth-order valence-corrected chi connectivity index (χ4v) is 1.75. The average molecular weight is 268 g/mol. The maximum absolute atomic E-state index is 5.80. The van der Waals surface area contributed by atoms with Gasteiger partial charge in [-0.05, 0) is 28.1 Å². The SMILES string of the molecule is CC(C)(C)c1nc2cc(N)c(Br)cc2[nH]1. The molecule has 0 aliphatic heterocycles. The van der Waals surface area contributed by atoms with E-state index >= 15 is 0 Å². The van der Waals surface area contributed by atoms with Gasteiger partial charge in [-0.2, -0.15) is 0 Å². The molecule has 0 fully saturated rings. The summed E-state index contributed by atoms with van der Waals surface area (Å²) in [5, 5.41) is 0. The van der Waals surface area contributed by atoms with Crippen LogP contribution in [-0.2, 0) is 5.41 Å². The van der Waals surface area contributed by atoms with Crippen molar-refractivity contribution in [3.63, 3.8) is 0 Å². The second kappa shape index (κ2) is 3.23. The van der Waals surface area contributed by atoms with Crippen LogP contribution in [0.4, 0.5) is 5.69 Å². The van der Waals surface area contributed by atoms with Gasteiger partial charge in [-0.25, -0.2) is 4.98 Å². The van der Waals surface area contributed by atoms with Gasteiger partial charge in [-0.15, -0.1) is 0 Å². The van der Waals surface area contributed by atoms with Gasteiger partial charge in [0.05, 0.1) is 11.0 Å². The van der Waals surface area contributed by atoms with Gasteiger partial charge in [0, 0.05) is 15.6 Å². The molecule has 80 valence electrons. The summed E-state index contributed by atoms with van der Waals surface area (Å²) in [4.78, 5) is 7.84. The number of halogens is 1. The molecule has 0 atom stereocenters. The Hall–Kier alpha value is -1.03. The van der Waals surface area contributed by atoms with Crippen molar-refractivity contribution in [2.24, 2.45) is 0 Å². The van der Waals surface area contributed by atoms with Gasteiger partial charge in [0.15, 0.2) is 0 Å². The van der Waals surface area contributed by atoms with E-state index in [1.807, 2.05) is 12.1 Å². The molecule has 2 rings (SSSR count). The number of fused-ring (bicyclic) bond motifs is 1. The standard InChI is InChI=1S/C11H14BrN3/c1-11(2,3)10-14-8-4-6(12)7(13)5-9(8)15-10/h4-5H,13H2,1-3H3,(H,14,15). The Kier molecular flexibility index (Phi) is 2.26. The van der Waals surface area contributed by atoms with Crippen molar-refractivity contribution < 1.29 is 0 Å². The van der Waals surface area contributed by atoms with Crippen molar-refractivity contribution in [1.29, 1.82) is 0 Å². The fraction of sp³-hybridized carbons (Fsp3) is 0.364. The molecule has 1 aromatic heterocycles. The Labute approximate surface area is 97.2 Å². The van der Waals surface area contributed by atoms with Crippen LogP contribution in [0.25, 0.3) is 11.0 Å². The predicted molar refractivity (Wildman–Crippen MR) is 66.9 cm³/mol. The van der Waals surface area contributed by atoms with Crippen LogP contribution in [0.5, 0.6) is 0 Å². The van der Waals surface area contributed by atoms with Gasteiger partial charge < -0.3 is 10.7 Å². The zero-order valence-electron chi connectivity index (χ0n) is 9.06. The third kappa shape index (κ3) is 1.86. The van der Waals surface area contributed by atoms with Crippen LogP contribution in [0.3, 0.4) is 0 Å². The van der Waals surface area contributed by atoms with Crippen molar-refractivity contribution in [3.8, 4) is 0 Å². The van der Waals surface area contributed by atoms with Gasteiger partial charge in [-0.3, -0.25) is 0 Å². The van der Waals surface area contributed by atoms with E-state index < -0.39 is 0 Å². The van der Waals surface area contributed by atoms with Crippen molar-refractivity contribution in [2.75, 3.05) is 5.73 Å². The lowest BCUT2D eigenvalue weighted by molar-refractivity contribution is 0.554. The molecule has 4 heteroatoms. The first-order chi connectivity index (χ1) is 6.88. The van der Waals surface area contributed by atoms with Crippen molar-refractivity contribution >= 4 is 32.7 Å². The normalized spacial score (nSPS) is 12.3. The van der Waals surface area contributed by atoms with Crippen LogP contribution < -0.4 is 5.73 Å². The highest BCUT2D eigenvalue weighted by molar-refractivity contribution is 9.10. The monoisotopic (exact) mass is 267 g/mol. The number of rotatable bonds is 0. The number of imidazole rings is 1. The number of aromatic nitrogens is 2. The van der Waals surface area contributed by atoms with Gasteiger partial charge in [0.25, 0.3) is 0 Å². The molecule has 0 saturated heterocycles. The molecular formula is C11H14BrN3. The molecule has 0 saturated carbocycles. The maximum Gasteiger partial charge on any atom is 0.112 e. The van der Waals surface area contributed by atoms with Gasteiger partial charge in [-0.1, -0.05) is 20.8 Å². The second-order valence-corrected chi connectivity index (χ2v) is 5.58. The molecule has 3 N–H and O–H groups in total. The first-order valence-corrected chi connectivity index (χ1v) is 5.62. The number of H-pyrrole nitrogens is 1. The number of anilines is 1. The summed E-state index contributed by atoms with van der Waals surface area (Å²) >= 11 is 3.40. The van der Waals surface area contributed by atoms with Gasteiger partial charge in [0.1, 0.15) is 5.82 Å². The molecule has 0 aliphatic rings. The first kappa shape index (κ1) is 10.5. The number of nitrogen functional groups attached to an aromatic ring is 1. The maximum atomic E-state index is 5.80. The Morgan fingerprint density at radius 1 is 1.33 bits per heavy atom. The predicted octanol–water partition coefficient (Wildman–Crippen LogP) is 3.21. The average Bonchev–Trinajstić information content (AvgIpc) is 2.47. The molecule has 15 heavy (non-hydrogen) atoms. The molecule has 1 heterocycles. The summed E-state index contributed by atoms with van der Waals surface area (Å²) in [7, 11) is 0. The summed E-state index contributed by atoms with van der Waals surface area (Å²) in [6.07, 6.45) is 0. The highest BCUT2D eigenvalue weighted by Gasteiger charge is 2.18.